The minimum absolute atomic E-state index is 0.0925. The molecular formula is C20H27FN4O. The zero-order valence-corrected chi connectivity index (χ0v) is 15.5. The molecule has 140 valence electrons. The molecule has 0 aliphatic carbocycles. The number of carbonyl (C=O) groups excluding carboxylic acids is 1. The van der Waals surface area contributed by atoms with Crippen LogP contribution < -0.4 is 0 Å². The summed E-state index contributed by atoms with van der Waals surface area (Å²) in [6, 6.07) is 6.68. The number of halogens is 1. The second-order valence-electron chi connectivity index (χ2n) is 7.53. The third-order valence-corrected chi connectivity index (χ3v) is 5.59. The van der Waals surface area contributed by atoms with E-state index in [1.807, 2.05) is 17.0 Å². The van der Waals surface area contributed by atoms with Gasteiger partial charge in [-0.15, -0.1) is 0 Å². The average molecular weight is 358 g/mol. The lowest BCUT2D eigenvalue weighted by atomic mass is 9.92. The second kappa shape index (κ2) is 8.61. The van der Waals surface area contributed by atoms with Gasteiger partial charge in [0.15, 0.2) is 0 Å². The quantitative estimate of drug-likeness (QED) is 0.827. The highest BCUT2D eigenvalue weighted by atomic mass is 19.1. The maximum Gasteiger partial charge on any atom is 0.222 e. The van der Waals surface area contributed by atoms with E-state index in [9.17, 15) is 9.18 Å². The molecule has 6 heteroatoms. The minimum Gasteiger partial charge on any atom is -0.340 e. The van der Waals surface area contributed by atoms with Crippen molar-refractivity contribution >= 4 is 5.91 Å². The third kappa shape index (κ3) is 4.80. The molecule has 26 heavy (non-hydrogen) atoms. The number of hydrogen-bond donors (Lipinski definition) is 0. The number of carbonyl (C=O) groups is 1. The number of likely N-dealkylation sites (tertiary alicyclic amines) is 1. The second-order valence-corrected chi connectivity index (χ2v) is 7.53. The van der Waals surface area contributed by atoms with Gasteiger partial charge in [-0.25, -0.2) is 4.39 Å². The van der Waals surface area contributed by atoms with E-state index < -0.39 is 5.82 Å². The summed E-state index contributed by atoms with van der Waals surface area (Å²) in [5, 5.41) is 8.81. The molecule has 0 atom stereocenters. The van der Waals surface area contributed by atoms with Crippen molar-refractivity contribution in [2.45, 2.75) is 25.8 Å². The number of benzene rings is 1. The smallest absolute Gasteiger partial charge is 0.222 e. The van der Waals surface area contributed by atoms with E-state index in [4.69, 9.17) is 5.26 Å². The van der Waals surface area contributed by atoms with Gasteiger partial charge in [-0.3, -0.25) is 9.69 Å². The van der Waals surface area contributed by atoms with Crippen molar-refractivity contribution in [3.05, 3.63) is 35.1 Å². The molecule has 0 radical (unpaired) electrons. The summed E-state index contributed by atoms with van der Waals surface area (Å²) in [6.07, 6.45) is 2.68. The van der Waals surface area contributed by atoms with E-state index in [1.54, 1.807) is 6.07 Å². The topological polar surface area (TPSA) is 50.6 Å². The van der Waals surface area contributed by atoms with Crippen LogP contribution in [0.15, 0.2) is 18.2 Å². The number of piperazine rings is 1. The van der Waals surface area contributed by atoms with Crippen LogP contribution in [0.1, 0.15) is 30.4 Å². The number of piperidine rings is 1. The number of hydrogen-bond acceptors (Lipinski definition) is 4. The first-order chi connectivity index (χ1) is 12.5. The number of nitriles is 1. The van der Waals surface area contributed by atoms with E-state index in [2.05, 4.69) is 16.8 Å². The molecule has 0 N–H and O–H groups in total. The first-order valence-corrected chi connectivity index (χ1v) is 9.42. The Morgan fingerprint density at radius 1 is 1.19 bits per heavy atom. The van der Waals surface area contributed by atoms with Gasteiger partial charge in [0.1, 0.15) is 11.9 Å². The minimum atomic E-state index is -0.447. The van der Waals surface area contributed by atoms with E-state index in [0.29, 0.717) is 24.8 Å². The zero-order chi connectivity index (χ0) is 18.5. The van der Waals surface area contributed by atoms with Crippen molar-refractivity contribution in [3.8, 4) is 6.07 Å². The molecule has 0 unspecified atom stereocenters. The molecule has 0 bridgehead atoms. The van der Waals surface area contributed by atoms with Gasteiger partial charge in [0.25, 0.3) is 0 Å². The first-order valence-electron chi connectivity index (χ1n) is 9.42. The number of amides is 1. The average Bonchev–Trinajstić information content (AvgIpc) is 2.64. The van der Waals surface area contributed by atoms with E-state index in [-0.39, 0.29) is 5.56 Å². The van der Waals surface area contributed by atoms with Crippen LogP contribution in [0.2, 0.25) is 0 Å². The Morgan fingerprint density at radius 2 is 1.88 bits per heavy atom. The van der Waals surface area contributed by atoms with Gasteiger partial charge in [-0.05, 0) is 56.6 Å². The molecule has 2 fully saturated rings. The monoisotopic (exact) mass is 358 g/mol. The molecule has 1 aromatic rings. The van der Waals surface area contributed by atoms with Gasteiger partial charge in [0.2, 0.25) is 5.91 Å². The van der Waals surface area contributed by atoms with Crippen LogP contribution in [0.25, 0.3) is 0 Å². The predicted molar refractivity (Wildman–Crippen MR) is 97.8 cm³/mol. The fourth-order valence-electron chi connectivity index (χ4n) is 3.79. The van der Waals surface area contributed by atoms with E-state index in [1.165, 1.54) is 6.07 Å². The Kier molecular flexibility index (Phi) is 6.23. The SMILES string of the molecule is CN1CCN(C(=O)CC2CCN(Cc3ccc(C#N)c(F)c3)CC2)CC1. The van der Waals surface area contributed by atoms with Crippen molar-refractivity contribution in [2.24, 2.45) is 5.92 Å². The normalized spacial score (nSPS) is 20.1. The fraction of sp³-hybridized carbons (Fsp3) is 0.600. The number of rotatable bonds is 4. The Labute approximate surface area is 155 Å². The van der Waals surface area contributed by atoms with Crippen LogP contribution in [0.4, 0.5) is 4.39 Å². The molecule has 1 amide bonds. The number of likely N-dealkylation sites (N-methyl/N-ethyl adjacent to an activating group) is 1. The molecule has 2 aliphatic heterocycles. The Hall–Kier alpha value is -1.97. The molecule has 2 aliphatic rings. The molecule has 5 nitrogen and oxygen atoms in total. The summed E-state index contributed by atoms with van der Waals surface area (Å²) in [5.41, 5.74) is 0.989. The summed E-state index contributed by atoms with van der Waals surface area (Å²) >= 11 is 0. The van der Waals surface area contributed by atoms with Gasteiger partial charge in [0, 0.05) is 39.1 Å². The molecular weight excluding hydrogens is 331 g/mol. The van der Waals surface area contributed by atoms with Crippen LogP contribution in [-0.2, 0) is 11.3 Å². The van der Waals surface area contributed by atoms with Crippen LogP contribution in [0.5, 0.6) is 0 Å². The maximum absolute atomic E-state index is 13.7. The summed E-state index contributed by atoms with van der Waals surface area (Å²) < 4.78 is 13.7. The van der Waals surface area contributed by atoms with Crippen LogP contribution in [-0.4, -0.2) is 66.9 Å². The van der Waals surface area contributed by atoms with Crippen molar-refractivity contribution in [2.75, 3.05) is 46.3 Å². The third-order valence-electron chi connectivity index (χ3n) is 5.59. The Bertz CT molecular complexity index is 671. The zero-order valence-electron chi connectivity index (χ0n) is 15.5. The van der Waals surface area contributed by atoms with Crippen LogP contribution >= 0.6 is 0 Å². The standard InChI is InChI=1S/C20H27FN4O/c1-23-8-10-25(11-9-23)20(26)13-16-4-6-24(7-5-16)15-17-2-3-18(14-22)19(21)12-17/h2-3,12,16H,4-11,13,15H2,1H3. The first kappa shape index (κ1) is 18.8. The van der Waals surface area contributed by atoms with Crippen LogP contribution in [0, 0.1) is 23.1 Å². The molecule has 3 rings (SSSR count). The largest absolute Gasteiger partial charge is 0.340 e. The predicted octanol–water partition coefficient (Wildman–Crippen LogP) is 2.07. The van der Waals surface area contributed by atoms with Crippen molar-refractivity contribution < 1.29 is 9.18 Å². The molecule has 0 spiro atoms. The summed E-state index contributed by atoms with van der Waals surface area (Å²) in [5.74, 6) is 0.305. The fourth-order valence-corrected chi connectivity index (χ4v) is 3.79. The van der Waals surface area contributed by atoms with E-state index in [0.717, 1.165) is 57.7 Å². The lowest BCUT2D eigenvalue weighted by molar-refractivity contribution is -0.134. The number of nitrogens with zero attached hydrogens (tertiary/aromatic N) is 4. The van der Waals surface area contributed by atoms with Gasteiger partial charge < -0.3 is 9.80 Å². The van der Waals surface area contributed by atoms with Gasteiger partial charge in [-0.1, -0.05) is 6.07 Å². The summed E-state index contributed by atoms with van der Waals surface area (Å²) in [6.45, 7) is 6.18. The van der Waals surface area contributed by atoms with Crippen LogP contribution in [0.3, 0.4) is 0 Å². The highest BCUT2D eigenvalue weighted by molar-refractivity contribution is 5.76. The lowest BCUT2D eigenvalue weighted by Crippen LogP contribution is -2.47. The Balaban J connectivity index is 1.43. The van der Waals surface area contributed by atoms with Gasteiger partial charge in [-0.2, -0.15) is 5.26 Å². The Morgan fingerprint density at radius 3 is 2.50 bits per heavy atom. The lowest BCUT2D eigenvalue weighted by Gasteiger charge is -2.35. The molecule has 1 aromatic carbocycles. The molecule has 0 aromatic heterocycles. The van der Waals surface area contributed by atoms with Crippen molar-refractivity contribution in [1.82, 2.24) is 14.7 Å². The summed E-state index contributed by atoms with van der Waals surface area (Å²) in [4.78, 5) is 19.0. The van der Waals surface area contributed by atoms with Crippen molar-refractivity contribution in [1.29, 1.82) is 5.26 Å². The van der Waals surface area contributed by atoms with Gasteiger partial charge >= 0.3 is 0 Å². The maximum atomic E-state index is 13.7. The van der Waals surface area contributed by atoms with Gasteiger partial charge in [0.05, 0.1) is 5.56 Å². The summed E-state index contributed by atoms with van der Waals surface area (Å²) in [7, 11) is 2.09. The molecule has 2 saturated heterocycles. The highest BCUT2D eigenvalue weighted by Crippen LogP contribution is 2.23. The van der Waals surface area contributed by atoms with E-state index >= 15 is 0 Å². The molecule has 0 saturated carbocycles. The molecule has 2 heterocycles. The van der Waals surface area contributed by atoms with Crippen molar-refractivity contribution in [3.63, 3.8) is 0 Å². The highest BCUT2D eigenvalue weighted by Gasteiger charge is 2.25.